The molecule has 1 unspecified atom stereocenters. The number of nitrogens with one attached hydrogen (secondary N) is 1. The lowest BCUT2D eigenvalue weighted by Gasteiger charge is -2.27. The first-order valence-corrected chi connectivity index (χ1v) is 11.5. The van der Waals surface area contributed by atoms with Crippen LogP contribution >= 0.6 is 0 Å². The summed E-state index contributed by atoms with van der Waals surface area (Å²) in [4.78, 5) is 24.8. The van der Waals surface area contributed by atoms with Gasteiger partial charge in [0.2, 0.25) is 0 Å². The number of nitrogens with zero attached hydrogens (tertiary/aromatic N) is 1. The van der Waals surface area contributed by atoms with E-state index in [1.165, 1.54) is 4.90 Å². The molecule has 1 aromatic heterocycles. The molecular weight excluding hydrogens is 428 g/mol. The summed E-state index contributed by atoms with van der Waals surface area (Å²) in [5.41, 5.74) is 3.66. The summed E-state index contributed by atoms with van der Waals surface area (Å²) in [5, 5.41) is 12.5. The van der Waals surface area contributed by atoms with Crippen LogP contribution in [0.2, 0.25) is 0 Å². The van der Waals surface area contributed by atoms with Crippen molar-refractivity contribution in [3.63, 3.8) is 0 Å². The second kappa shape index (κ2) is 10.6. The van der Waals surface area contributed by atoms with Gasteiger partial charge in [0.15, 0.2) is 0 Å². The quantitative estimate of drug-likeness (QED) is 0.385. The van der Waals surface area contributed by atoms with Crippen LogP contribution in [0.15, 0.2) is 65.1 Å². The van der Waals surface area contributed by atoms with Gasteiger partial charge in [0, 0.05) is 36.0 Å². The topological polar surface area (TPSA) is 82.8 Å². The fourth-order valence-electron chi connectivity index (χ4n) is 3.93. The lowest BCUT2D eigenvalue weighted by Crippen LogP contribution is -2.29. The van der Waals surface area contributed by atoms with Gasteiger partial charge in [-0.25, -0.2) is 0 Å². The molecule has 0 aliphatic carbocycles. The fourth-order valence-corrected chi connectivity index (χ4v) is 3.93. The third kappa shape index (κ3) is 6.73. The summed E-state index contributed by atoms with van der Waals surface area (Å²) in [5.74, 6) is 0.609. The molecule has 180 valence electrons. The average molecular weight is 463 g/mol. The van der Waals surface area contributed by atoms with Crippen molar-refractivity contribution in [2.75, 3.05) is 18.9 Å². The molecule has 0 aliphatic rings. The van der Waals surface area contributed by atoms with Crippen LogP contribution in [0.4, 0.5) is 5.69 Å². The van der Waals surface area contributed by atoms with E-state index in [-0.39, 0.29) is 30.3 Å². The zero-order chi connectivity index (χ0) is 24.9. The predicted molar refractivity (Wildman–Crippen MR) is 135 cm³/mol. The van der Waals surface area contributed by atoms with E-state index >= 15 is 0 Å². The molecule has 3 rings (SSSR count). The lowest BCUT2D eigenvalue weighted by molar-refractivity contribution is -0.137. The molecule has 0 bridgehead atoms. The monoisotopic (exact) mass is 462 g/mol. The summed E-state index contributed by atoms with van der Waals surface area (Å²) in [6.07, 6.45) is 0.811. The number of aliphatic carboxylic acids is 1. The average Bonchev–Trinajstić information content (AvgIpc) is 3.18. The molecule has 0 spiro atoms. The third-order valence-electron chi connectivity index (χ3n) is 5.69. The standard InChI is InChI=1S/C28H34N2O4/c1-19-23(17-25(34-19)20-9-7-6-8-10-20)24(18-28(2,3)4)29-22-13-11-21(12-14-22)27(33)30(5)16-15-26(31)32/h6-14,17,24,29H,15-16,18H2,1-5H3,(H,31,32). The van der Waals surface area contributed by atoms with Gasteiger partial charge in [0.1, 0.15) is 11.5 Å². The maximum absolute atomic E-state index is 12.6. The Labute approximate surface area is 201 Å². The number of hydrogen-bond acceptors (Lipinski definition) is 4. The highest BCUT2D eigenvalue weighted by atomic mass is 16.4. The maximum atomic E-state index is 12.6. The Morgan fingerprint density at radius 3 is 2.29 bits per heavy atom. The van der Waals surface area contributed by atoms with Gasteiger partial charge in [-0.05, 0) is 49.1 Å². The summed E-state index contributed by atoms with van der Waals surface area (Å²) in [6.45, 7) is 8.80. The minimum absolute atomic E-state index is 0.0287. The van der Waals surface area contributed by atoms with Crippen molar-refractivity contribution in [2.45, 2.75) is 46.6 Å². The molecule has 0 saturated heterocycles. The molecule has 3 aromatic rings. The first-order chi connectivity index (χ1) is 16.0. The van der Waals surface area contributed by atoms with Gasteiger partial charge in [-0.15, -0.1) is 0 Å². The summed E-state index contributed by atoms with van der Waals surface area (Å²) >= 11 is 0. The molecule has 1 atom stereocenters. The minimum atomic E-state index is -0.922. The molecule has 2 N–H and O–H groups in total. The fraction of sp³-hybridized carbons (Fsp3) is 0.357. The number of carboxylic acid groups (broad SMARTS) is 1. The Morgan fingerprint density at radius 2 is 1.71 bits per heavy atom. The SMILES string of the molecule is Cc1oc(-c2ccccc2)cc1C(CC(C)(C)C)Nc1ccc(C(=O)N(C)CCC(=O)O)cc1. The van der Waals surface area contributed by atoms with E-state index in [2.05, 4.69) is 32.2 Å². The number of benzene rings is 2. The van der Waals surface area contributed by atoms with Crippen LogP contribution in [0.25, 0.3) is 11.3 Å². The van der Waals surface area contributed by atoms with E-state index in [0.717, 1.165) is 34.8 Å². The first-order valence-electron chi connectivity index (χ1n) is 11.5. The highest BCUT2D eigenvalue weighted by Crippen LogP contribution is 2.37. The number of hydrogen-bond donors (Lipinski definition) is 2. The van der Waals surface area contributed by atoms with Crippen LogP contribution in [0.5, 0.6) is 0 Å². The van der Waals surface area contributed by atoms with Crippen molar-refractivity contribution in [3.8, 4) is 11.3 Å². The number of furan rings is 1. The van der Waals surface area contributed by atoms with Gasteiger partial charge in [0.05, 0.1) is 12.5 Å². The van der Waals surface area contributed by atoms with Crippen LogP contribution in [0.1, 0.15) is 61.3 Å². The second-order valence-electron chi connectivity index (χ2n) is 9.90. The van der Waals surface area contributed by atoms with E-state index in [4.69, 9.17) is 9.52 Å². The largest absolute Gasteiger partial charge is 0.481 e. The highest BCUT2D eigenvalue weighted by Gasteiger charge is 2.24. The van der Waals surface area contributed by atoms with Gasteiger partial charge in [-0.2, -0.15) is 0 Å². The third-order valence-corrected chi connectivity index (χ3v) is 5.69. The first kappa shape index (κ1) is 25.1. The molecule has 0 radical (unpaired) electrons. The van der Waals surface area contributed by atoms with Crippen LogP contribution in [-0.4, -0.2) is 35.5 Å². The zero-order valence-electron chi connectivity index (χ0n) is 20.6. The summed E-state index contributed by atoms with van der Waals surface area (Å²) < 4.78 is 6.12. The molecule has 0 saturated carbocycles. The molecule has 1 heterocycles. The van der Waals surface area contributed by atoms with Crippen molar-refractivity contribution in [3.05, 3.63) is 77.6 Å². The van der Waals surface area contributed by atoms with Crippen LogP contribution in [0.3, 0.4) is 0 Å². The molecular formula is C28H34N2O4. The van der Waals surface area contributed by atoms with Crippen molar-refractivity contribution < 1.29 is 19.1 Å². The number of amides is 1. The molecule has 2 aromatic carbocycles. The lowest BCUT2D eigenvalue weighted by atomic mass is 9.85. The van der Waals surface area contributed by atoms with Crippen molar-refractivity contribution in [1.82, 2.24) is 4.90 Å². The number of carbonyl (C=O) groups excluding carboxylic acids is 1. The molecule has 0 fully saturated rings. The van der Waals surface area contributed by atoms with Crippen molar-refractivity contribution in [2.24, 2.45) is 5.41 Å². The van der Waals surface area contributed by atoms with Gasteiger partial charge >= 0.3 is 5.97 Å². The van der Waals surface area contributed by atoms with Gasteiger partial charge < -0.3 is 19.7 Å². The Hall–Kier alpha value is -3.54. The van der Waals surface area contributed by atoms with E-state index < -0.39 is 5.97 Å². The van der Waals surface area contributed by atoms with Crippen molar-refractivity contribution in [1.29, 1.82) is 0 Å². The van der Waals surface area contributed by atoms with Gasteiger partial charge in [-0.1, -0.05) is 51.1 Å². The van der Waals surface area contributed by atoms with E-state index in [1.807, 2.05) is 49.4 Å². The molecule has 6 heteroatoms. The molecule has 1 amide bonds. The Morgan fingerprint density at radius 1 is 1.06 bits per heavy atom. The van der Waals surface area contributed by atoms with E-state index in [9.17, 15) is 9.59 Å². The summed E-state index contributed by atoms with van der Waals surface area (Å²) in [6, 6.07) is 19.5. The zero-order valence-corrected chi connectivity index (χ0v) is 20.6. The Balaban J connectivity index is 1.80. The van der Waals surface area contributed by atoms with Crippen molar-refractivity contribution >= 4 is 17.6 Å². The second-order valence-corrected chi connectivity index (χ2v) is 9.90. The predicted octanol–water partition coefficient (Wildman–Crippen LogP) is 6.39. The summed E-state index contributed by atoms with van der Waals surface area (Å²) in [7, 11) is 1.61. The van der Waals surface area contributed by atoms with Gasteiger partial charge in [-0.3, -0.25) is 9.59 Å². The van der Waals surface area contributed by atoms with E-state index in [1.54, 1.807) is 19.2 Å². The van der Waals surface area contributed by atoms with Crippen LogP contribution in [-0.2, 0) is 4.79 Å². The number of carbonyl (C=O) groups is 2. The molecule has 34 heavy (non-hydrogen) atoms. The van der Waals surface area contributed by atoms with E-state index in [0.29, 0.717) is 5.56 Å². The highest BCUT2D eigenvalue weighted by molar-refractivity contribution is 5.94. The minimum Gasteiger partial charge on any atom is -0.481 e. The maximum Gasteiger partial charge on any atom is 0.305 e. The Kier molecular flexibility index (Phi) is 7.82. The Bertz CT molecular complexity index is 1110. The number of carboxylic acids is 1. The normalized spacial score (nSPS) is 12.3. The van der Waals surface area contributed by atoms with Crippen LogP contribution < -0.4 is 5.32 Å². The number of anilines is 1. The smallest absolute Gasteiger partial charge is 0.305 e. The van der Waals surface area contributed by atoms with Crippen LogP contribution in [0, 0.1) is 12.3 Å². The number of aryl methyl sites for hydroxylation is 1. The number of rotatable bonds is 9. The molecule has 0 aliphatic heterocycles. The van der Waals surface area contributed by atoms with Gasteiger partial charge in [0.25, 0.3) is 5.91 Å². The molecule has 6 nitrogen and oxygen atoms in total.